The molecule has 106 valence electrons. The van der Waals surface area contributed by atoms with E-state index >= 15 is 0 Å². The molecule has 3 rings (SSSR count). The molecule has 1 aromatic carbocycles. The number of hydrogen-bond donors (Lipinski definition) is 2. The molecule has 1 heterocycles. The number of thiazole rings is 1. The van der Waals surface area contributed by atoms with E-state index in [0.717, 1.165) is 10.2 Å². The van der Waals surface area contributed by atoms with Crippen molar-refractivity contribution in [3.8, 4) is 0 Å². The predicted molar refractivity (Wildman–Crippen MR) is 82.9 cm³/mol. The van der Waals surface area contributed by atoms with Gasteiger partial charge < -0.3 is 11.1 Å². The Bertz CT molecular complexity index is 631. The third-order valence-corrected chi connectivity index (χ3v) is 4.98. The summed E-state index contributed by atoms with van der Waals surface area (Å²) in [5.41, 5.74) is 7.23. The summed E-state index contributed by atoms with van der Waals surface area (Å²) < 4.78 is 0.962. The van der Waals surface area contributed by atoms with Crippen LogP contribution in [0.4, 0.5) is 5.13 Å². The quantitative estimate of drug-likeness (QED) is 0.911. The van der Waals surface area contributed by atoms with Gasteiger partial charge in [0.15, 0.2) is 5.13 Å². The topological polar surface area (TPSA) is 68.0 Å². The van der Waals surface area contributed by atoms with Crippen LogP contribution in [0, 0.1) is 5.92 Å². The first-order chi connectivity index (χ1) is 9.63. The third kappa shape index (κ3) is 2.63. The van der Waals surface area contributed by atoms with Crippen LogP contribution in [0.2, 0.25) is 0 Å². The molecular weight excluding hydrogens is 270 g/mol. The Labute approximate surface area is 122 Å². The van der Waals surface area contributed by atoms with E-state index < -0.39 is 0 Å². The monoisotopic (exact) mass is 289 g/mol. The Morgan fingerprint density at radius 1 is 1.45 bits per heavy atom. The van der Waals surface area contributed by atoms with Gasteiger partial charge in [-0.05, 0) is 43.9 Å². The zero-order valence-corrected chi connectivity index (χ0v) is 12.4. The number of carbonyl (C=O) groups is 1. The lowest BCUT2D eigenvalue weighted by Gasteiger charge is -2.20. The molecule has 0 unspecified atom stereocenters. The molecule has 1 saturated carbocycles. The van der Waals surface area contributed by atoms with Gasteiger partial charge in [-0.3, -0.25) is 4.79 Å². The Morgan fingerprint density at radius 2 is 2.20 bits per heavy atom. The highest BCUT2D eigenvalue weighted by atomic mass is 32.1. The van der Waals surface area contributed by atoms with Crippen molar-refractivity contribution in [3.63, 3.8) is 0 Å². The maximum Gasteiger partial charge on any atom is 0.251 e. The van der Waals surface area contributed by atoms with Gasteiger partial charge in [0.1, 0.15) is 0 Å². The molecule has 1 amide bonds. The minimum atomic E-state index is -0.00160. The number of nitrogens with one attached hydrogen (secondary N) is 1. The number of nitrogens with zero attached hydrogens (tertiary/aromatic N) is 1. The highest BCUT2D eigenvalue weighted by molar-refractivity contribution is 7.22. The van der Waals surface area contributed by atoms with Gasteiger partial charge in [-0.1, -0.05) is 24.2 Å². The van der Waals surface area contributed by atoms with Crippen molar-refractivity contribution >= 4 is 32.6 Å². The molecule has 1 aliphatic carbocycles. The van der Waals surface area contributed by atoms with Crippen LogP contribution in [0.3, 0.4) is 0 Å². The van der Waals surface area contributed by atoms with E-state index in [9.17, 15) is 4.79 Å². The van der Waals surface area contributed by atoms with Crippen LogP contribution in [0.1, 0.15) is 43.0 Å². The zero-order chi connectivity index (χ0) is 14.1. The van der Waals surface area contributed by atoms with Gasteiger partial charge >= 0.3 is 0 Å². The highest BCUT2D eigenvalue weighted by Gasteiger charge is 2.23. The maximum absolute atomic E-state index is 12.3. The van der Waals surface area contributed by atoms with Gasteiger partial charge in [-0.2, -0.15) is 0 Å². The average Bonchev–Trinajstić information content (AvgIpc) is 3.05. The van der Waals surface area contributed by atoms with Gasteiger partial charge in [0, 0.05) is 11.6 Å². The molecule has 1 fully saturated rings. The number of hydrogen-bond acceptors (Lipinski definition) is 4. The number of nitrogen functional groups attached to an aromatic ring is 1. The van der Waals surface area contributed by atoms with E-state index in [2.05, 4.69) is 17.2 Å². The molecule has 1 aromatic heterocycles. The fourth-order valence-electron chi connectivity index (χ4n) is 2.95. The van der Waals surface area contributed by atoms with E-state index in [4.69, 9.17) is 5.73 Å². The third-order valence-electron chi connectivity index (χ3n) is 4.13. The van der Waals surface area contributed by atoms with Crippen molar-refractivity contribution < 1.29 is 4.79 Å². The number of aromatic nitrogens is 1. The molecule has 20 heavy (non-hydrogen) atoms. The normalized spacial score (nSPS) is 17.4. The van der Waals surface area contributed by atoms with E-state index in [-0.39, 0.29) is 11.9 Å². The summed E-state index contributed by atoms with van der Waals surface area (Å²) in [6.07, 6.45) is 5.03. The fraction of sp³-hybridized carbons (Fsp3) is 0.467. The number of fused-ring (bicyclic) bond motifs is 1. The van der Waals surface area contributed by atoms with Gasteiger partial charge in [-0.15, -0.1) is 0 Å². The van der Waals surface area contributed by atoms with Gasteiger partial charge in [0.25, 0.3) is 5.91 Å². The largest absolute Gasteiger partial charge is 0.375 e. The minimum absolute atomic E-state index is 0.00160. The first-order valence-corrected chi connectivity index (χ1v) is 7.92. The number of amides is 1. The number of anilines is 1. The first kappa shape index (κ1) is 13.4. The second-order valence-electron chi connectivity index (χ2n) is 5.54. The molecular formula is C15H19N3OS. The predicted octanol–water partition coefficient (Wildman–Crippen LogP) is 3.19. The van der Waals surface area contributed by atoms with Crippen LogP contribution in [0.15, 0.2) is 18.2 Å². The molecule has 4 nitrogen and oxygen atoms in total. The van der Waals surface area contributed by atoms with Crippen molar-refractivity contribution in [2.24, 2.45) is 5.92 Å². The zero-order valence-electron chi connectivity index (χ0n) is 11.6. The highest BCUT2D eigenvalue weighted by Crippen LogP contribution is 2.28. The fourth-order valence-corrected chi connectivity index (χ4v) is 3.72. The van der Waals surface area contributed by atoms with Crippen molar-refractivity contribution in [2.45, 2.75) is 38.6 Å². The lowest BCUT2D eigenvalue weighted by Crippen LogP contribution is -2.37. The molecule has 0 aliphatic heterocycles. The van der Waals surface area contributed by atoms with Gasteiger partial charge in [-0.25, -0.2) is 4.98 Å². The molecule has 2 aromatic rings. The summed E-state index contributed by atoms with van der Waals surface area (Å²) >= 11 is 1.41. The van der Waals surface area contributed by atoms with Gasteiger partial charge in [0.05, 0.1) is 10.2 Å². The van der Waals surface area contributed by atoms with Crippen molar-refractivity contribution in [1.29, 1.82) is 0 Å². The van der Waals surface area contributed by atoms with Crippen LogP contribution >= 0.6 is 11.3 Å². The summed E-state index contributed by atoms with van der Waals surface area (Å²) in [7, 11) is 0. The Kier molecular flexibility index (Phi) is 3.61. The van der Waals surface area contributed by atoms with Crippen LogP contribution in [0.25, 0.3) is 10.2 Å². The summed E-state index contributed by atoms with van der Waals surface area (Å²) in [6, 6.07) is 5.79. The molecule has 3 N–H and O–H groups in total. The summed E-state index contributed by atoms with van der Waals surface area (Å²) in [5, 5.41) is 3.66. The molecule has 0 saturated heterocycles. The Balaban J connectivity index is 1.74. The average molecular weight is 289 g/mol. The molecule has 1 atom stereocenters. The van der Waals surface area contributed by atoms with E-state index in [0.29, 0.717) is 16.6 Å². The summed E-state index contributed by atoms with van der Waals surface area (Å²) in [6.45, 7) is 2.11. The van der Waals surface area contributed by atoms with Gasteiger partial charge in [0.2, 0.25) is 0 Å². The summed E-state index contributed by atoms with van der Waals surface area (Å²) in [5.74, 6) is 0.625. The minimum Gasteiger partial charge on any atom is -0.375 e. The number of nitrogens with two attached hydrogens (primary N) is 1. The molecule has 0 radical (unpaired) electrons. The van der Waals surface area contributed by atoms with Crippen molar-refractivity contribution in [3.05, 3.63) is 23.8 Å². The summed E-state index contributed by atoms with van der Waals surface area (Å²) in [4.78, 5) is 16.5. The lowest BCUT2D eigenvalue weighted by atomic mass is 9.99. The molecule has 5 heteroatoms. The first-order valence-electron chi connectivity index (χ1n) is 7.10. The Hall–Kier alpha value is -1.62. The molecule has 0 bridgehead atoms. The van der Waals surface area contributed by atoms with E-state index in [1.165, 1.54) is 37.0 Å². The lowest BCUT2D eigenvalue weighted by molar-refractivity contribution is 0.0927. The smallest absolute Gasteiger partial charge is 0.251 e. The van der Waals surface area contributed by atoms with Crippen molar-refractivity contribution in [2.75, 3.05) is 5.73 Å². The number of rotatable bonds is 3. The second kappa shape index (κ2) is 5.40. The standard InChI is InChI=1S/C15H19N3OS/c1-9(10-4-2-3-5-10)17-14(19)11-6-7-12-13(8-11)20-15(16)18-12/h6-10H,2-5H2,1H3,(H2,16,18)(H,17,19)/t9-/m0/s1. The second-order valence-corrected chi connectivity index (χ2v) is 6.60. The number of benzene rings is 1. The SMILES string of the molecule is C[C@H](NC(=O)c1ccc2nc(N)sc2c1)C1CCCC1. The van der Waals surface area contributed by atoms with Crippen molar-refractivity contribution in [1.82, 2.24) is 10.3 Å². The molecule has 0 spiro atoms. The van der Waals surface area contributed by atoms with Crippen LogP contribution in [-0.2, 0) is 0 Å². The van der Waals surface area contributed by atoms with Crippen LogP contribution in [-0.4, -0.2) is 16.9 Å². The maximum atomic E-state index is 12.3. The number of carbonyl (C=O) groups excluding carboxylic acids is 1. The molecule has 1 aliphatic rings. The van der Waals surface area contributed by atoms with Crippen LogP contribution < -0.4 is 11.1 Å². The van der Waals surface area contributed by atoms with Crippen LogP contribution in [0.5, 0.6) is 0 Å². The Morgan fingerprint density at radius 3 is 2.95 bits per heavy atom. The van der Waals surface area contributed by atoms with E-state index in [1.807, 2.05) is 18.2 Å². The van der Waals surface area contributed by atoms with E-state index in [1.54, 1.807) is 0 Å².